The monoisotopic (exact) mass is 585 g/mol. The molecule has 2 amide bonds. The van der Waals surface area contributed by atoms with Crippen molar-refractivity contribution < 1.29 is 14.3 Å². The Bertz CT molecular complexity index is 1780. The number of halogens is 2. The molecule has 0 saturated carbocycles. The van der Waals surface area contributed by atoms with Crippen molar-refractivity contribution in [3.63, 3.8) is 0 Å². The summed E-state index contributed by atoms with van der Waals surface area (Å²) < 4.78 is 8.04. The highest BCUT2D eigenvalue weighted by atomic mass is 35.5. The molecule has 0 fully saturated rings. The van der Waals surface area contributed by atoms with Gasteiger partial charge in [0.2, 0.25) is 5.91 Å². The van der Waals surface area contributed by atoms with Crippen LogP contribution < -0.4 is 15.8 Å². The van der Waals surface area contributed by atoms with Crippen LogP contribution in [-0.4, -0.2) is 26.3 Å². The van der Waals surface area contributed by atoms with Crippen LogP contribution in [0, 0.1) is 6.92 Å². The Labute approximate surface area is 246 Å². The van der Waals surface area contributed by atoms with Crippen LogP contribution in [-0.2, 0) is 17.9 Å². The maximum absolute atomic E-state index is 12.5. The summed E-state index contributed by atoms with van der Waals surface area (Å²) in [5.41, 5.74) is 9.83. The minimum Gasteiger partial charge on any atom is -0.487 e. The second-order valence-corrected chi connectivity index (χ2v) is 9.98. The zero-order valence-electron chi connectivity index (χ0n) is 22.0. The van der Waals surface area contributed by atoms with E-state index in [0.717, 1.165) is 22.3 Å². The molecule has 5 rings (SSSR count). The van der Waals surface area contributed by atoms with Crippen molar-refractivity contribution in [1.82, 2.24) is 19.9 Å². The molecule has 3 heterocycles. The highest BCUT2D eigenvalue weighted by Crippen LogP contribution is 2.33. The molecule has 8 nitrogen and oxygen atoms in total. The molecule has 41 heavy (non-hydrogen) atoms. The van der Waals surface area contributed by atoms with Gasteiger partial charge in [0.15, 0.2) is 0 Å². The van der Waals surface area contributed by atoms with E-state index >= 15 is 0 Å². The standard InChI is InChI=1S/C31H25Cl2N5O3/c1-19-7-10-21-4-2-6-27(30(21)37-19)41-18-23-24(32)11-13-26(29(23)33)38-15-3-5-22(38)17-36-28(39)14-9-20-8-12-25(31(34)40)35-16-20/h2-16H,17-18H2,1H3,(H2,34,40)(H,36,39). The quantitative estimate of drug-likeness (QED) is 0.205. The van der Waals surface area contributed by atoms with Crippen molar-refractivity contribution in [2.75, 3.05) is 0 Å². The fraction of sp³-hybridized carbons (Fsp3) is 0.0968. The number of aromatic nitrogens is 3. The third-order valence-electron chi connectivity index (χ3n) is 6.36. The van der Waals surface area contributed by atoms with E-state index in [4.69, 9.17) is 33.7 Å². The Morgan fingerprint density at radius 3 is 2.68 bits per heavy atom. The second kappa shape index (κ2) is 12.2. The van der Waals surface area contributed by atoms with E-state index in [1.165, 1.54) is 18.3 Å². The van der Waals surface area contributed by atoms with Gasteiger partial charge in [-0.25, -0.2) is 4.98 Å². The van der Waals surface area contributed by atoms with Gasteiger partial charge in [-0.1, -0.05) is 47.5 Å². The van der Waals surface area contributed by atoms with E-state index in [1.807, 2.05) is 66.2 Å². The van der Waals surface area contributed by atoms with Gasteiger partial charge in [-0.05, 0) is 61.0 Å². The molecule has 3 N–H and O–H groups in total. The highest BCUT2D eigenvalue weighted by molar-refractivity contribution is 6.37. The van der Waals surface area contributed by atoms with Crippen molar-refractivity contribution >= 4 is 52.0 Å². The van der Waals surface area contributed by atoms with Crippen molar-refractivity contribution in [2.45, 2.75) is 20.1 Å². The SMILES string of the molecule is Cc1ccc2cccc(OCc3c(Cl)ccc(-n4cccc4CNC(=O)C=Cc4ccc(C(N)=O)nc4)c3Cl)c2n1. The fourth-order valence-electron chi connectivity index (χ4n) is 4.24. The molecule has 0 atom stereocenters. The molecule has 0 radical (unpaired) electrons. The molecule has 2 aromatic carbocycles. The molecule has 0 spiro atoms. The first kappa shape index (κ1) is 27.9. The molecule has 0 saturated heterocycles. The lowest BCUT2D eigenvalue weighted by molar-refractivity contribution is -0.116. The average molecular weight is 586 g/mol. The number of hydrogen-bond donors (Lipinski definition) is 2. The number of hydrogen-bond acceptors (Lipinski definition) is 5. The van der Waals surface area contributed by atoms with Gasteiger partial charge in [-0.2, -0.15) is 0 Å². The minimum atomic E-state index is -0.612. The number of aryl methyl sites for hydroxylation is 1. The largest absolute Gasteiger partial charge is 0.487 e. The van der Waals surface area contributed by atoms with E-state index in [9.17, 15) is 9.59 Å². The average Bonchev–Trinajstić information content (AvgIpc) is 3.43. The first-order chi connectivity index (χ1) is 19.8. The van der Waals surface area contributed by atoms with Gasteiger partial charge in [0, 0.05) is 45.8 Å². The Morgan fingerprint density at radius 1 is 1.05 bits per heavy atom. The lowest BCUT2D eigenvalue weighted by Gasteiger charge is -2.16. The number of para-hydroxylation sites is 1. The van der Waals surface area contributed by atoms with Gasteiger partial charge in [0.25, 0.3) is 5.91 Å². The normalized spacial score (nSPS) is 11.2. The van der Waals surface area contributed by atoms with E-state index in [1.54, 1.807) is 18.2 Å². The van der Waals surface area contributed by atoms with Crippen LogP contribution in [0.4, 0.5) is 0 Å². The molecule has 10 heteroatoms. The number of carbonyl (C=O) groups excluding carboxylic acids is 2. The lowest BCUT2D eigenvalue weighted by atomic mass is 10.1. The number of ether oxygens (including phenoxy) is 1. The molecule has 0 aliphatic heterocycles. The van der Waals surface area contributed by atoms with Gasteiger partial charge < -0.3 is 20.4 Å². The van der Waals surface area contributed by atoms with Crippen molar-refractivity contribution in [2.24, 2.45) is 5.73 Å². The van der Waals surface area contributed by atoms with Crippen molar-refractivity contribution in [1.29, 1.82) is 0 Å². The number of pyridine rings is 2. The van der Waals surface area contributed by atoms with Gasteiger partial charge >= 0.3 is 0 Å². The Morgan fingerprint density at radius 2 is 1.90 bits per heavy atom. The summed E-state index contributed by atoms with van der Waals surface area (Å²) >= 11 is 13.4. The molecular weight excluding hydrogens is 561 g/mol. The molecule has 0 aliphatic rings. The van der Waals surface area contributed by atoms with Crippen LogP contribution in [0.2, 0.25) is 10.0 Å². The van der Waals surface area contributed by atoms with Crippen LogP contribution in [0.5, 0.6) is 5.75 Å². The molecule has 0 aliphatic carbocycles. The van der Waals surface area contributed by atoms with Crippen LogP contribution in [0.15, 0.2) is 85.2 Å². The summed E-state index contributed by atoms with van der Waals surface area (Å²) in [5, 5.41) is 4.77. The lowest BCUT2D eigenvalue weighted by Crippen LogP contribution is -2.21. The van der Waals surface area contributed by atoms with Gasteiger partial charge in [-0.15, -0.1) is 0 Å². The molecule has 5 aromatic rings. The Balaban J connectivity index is 1.29. The van der Waals surface area contributed by atoms with Crippen LogP contribution >= 0.6 is 23.2 Å². The summed E-state index contributed by atoms with van der Waals surface area (Å²) in [5.74, 6) is -0.272. The molecule has 206 valence electrons. The van der Waals surface area contributed by atoms with Crippen molar-refractivity contribution in [3.8, 4) is 11.4 Å². The minimum absolute atomic E-state index is 0.146. The number of nitrogens with zero attached hydrogens (tertiary/aromatic N) is 3. The van der Waals surface area contributed by atoms with Gasteiger partial charge in [0.05, 0.1) is 17.3 Å². The Kier molecular flexibility index (Phi) is 8.33. The predicted octanol–water partition coefficient (Wildman–Crippen LogP) is 6.04. The maximum atomic E-state index is 12.5. The number of rotatable bonds is 9. The molecular formula is C31H25Cl2N5O3. The number of nitrogens with one attached hydrogen (secondary N) is 1. The first-order valence-corrected chi connectivity index (χ1v) is 13.4. The number of benzene rings is 2. The number of nitrogens with two attached hydrogens (primary N) is 1. The third-order valence-corrected chi connectivity index (χ3v) is 7.14. The summed E-state index contributed by atoms with van der Waals surface area (Å²) in [6, 6.07) is 20.3. The smallest absolute Gasteiger partial charge is 0.267 e. The second-order valence-electron chi connectivity index (χ2n) is 9.19. The van der Waals surface area contributed by atoms with Gasteiger partial charge in [-0.3, -0.25) is 14.6 Å². The van der Waals surface area contributed by atoms with Gasteiger partial charge in [0.1, 0.15) is 23.6 Å². The van der Waals surface area contributed by atoms with Crippen molar-refractivity contribution in [3.05, 3.63) is 123 Å². The molecule has 0 bridgehead atoms. The van der Waals surface area contributed by atoms with E-state index in [0.29, 0.717) is 32.6 Å². The van der Waals surface area contributed by atoms with Crippen LogP contribution in [0.3, 0.4) is 0 Å². The summed E-state index contributed by atoms with van der Waals surface area (Å²) in [6.07, 6.45) is 6.32. The third kappa shape index (κ3) is 6.40. The summed E-state index contributed by atoms with van der Waals surface area (Å²) in [6.45, 7) is 2.33. The maximum Gasteiger partial charge on any atom is 0.267 e. The summed E-state index contributed by atoms with van der Waals surface area (Å²) in [7, 11) is 0. The zero-order chi connectivity index (χ0) is 28.9. The number of carbonyl (C=O) groups is 2. The first-order valence-electron chi connectivity index (χ1n) is 12.6. The van der Waals surface area contributed by atoms with Crippen LogP contribution in [0.25, 0.3) is 22.7 Å². The summed E-state index contributed by atoms with van der Waals surface area (Å²) in [4.78, 5) is 32.2. The van der Waals surface area contributed by atoms with Crippen LogP contribution in [0.1, 0.15) is 33.0 Å². The molecule has 0 unspecified atom stereocenters. The fourth-order valence-corrected chi connectivity index (χ4v) is 4.81. The topological polar surface area (TPSA) is 112 Å². The predicted molar refractivity (Wildman–Crippen MR) is 160 cm³/mol. The number of primary amides is 1. The van der Waals surface area contributed by atoms with E-state index in [-0.39, 0.29) is 24.8 Å². The van der Waals surface area contributed by atoms with E-state index < -0.39 is 5.91 Å². The zero-order valence-corrected chi connectivity index (χ0v) is 23.5. The van der Waals surface area contributed by atoms with E-state index in [2.05, 4.69) is 15.3 Å². The number of fused-ring (bicyclic) bond motifs is 1. The number of amides is 2. The molecule has 3 aromatic heterocycles. The highest BCUT2D eigenvalue weighted by Gasteiger charge is 2.16. The Hall–Kier alpha value is -4.66.